The summed E-state index contributed by atoms with van der Waals surface area (Å²) >= 11 is 0. The predicted molar refractivity (Wildman–Crippen MR) is 114 cm³/mol. The predicted octanol–water partition coefficient (Wildman–Crippen LogP) is 3.01. The smallest absolute Gasteiger partial charge is 0.278 e. The molecule has 0 aliphatic carbocycles. The molecular formula is C23H30N4O4. The van der Waals surface area contributed by atoms with Gasteiger partial charge < -0.3 is 14.5 Å². The fraction of sp³-hybridized carbons (Fsp3) is 0.565. The highest BCUT2D eigenvalue weighted by molar-refractivity contribution is 5.93. The molecule has 2 aliphatic heterocycles. The van der Waals surface area contributed by atoms with Crippen LogP contribution in [-0.2, 0) is 11.2 Å². The van der Waals surface area contributed by atoms with Crippen LogP contribution in [0.5, 0.6) is 5.75 Å². The van der Waals surface area contributed by atoms with Gasteiger partial charge in [0.05, 0.1) is 6.54 Å². The molecule has 3 heterocycles. The van der Waals surface area contributed by atoms with Crippen molar-refractivity contribution in [2.24, 2.45) is 0 Å². The van der Waals surface area contributed by atoms with Crippen LogP contribution >= 0.6 is 0 Å². The minimum Gasteiger partial charge on any atom is -0.492 e. The standard InChI is InChI=1S/C23H30N4O4/c1-17-22(25-31-24-17)23(29)26-12-5-9-21(28)27-13-3-2-7-19(27)11-10-18-6-4-8-20(16-18)30-15-14-26/h4,6,8,16,19H,2-3,5,7,9-15H2,1H3. The van der Waals surface area contributed by atoms with Gasteiger partial charge in [-0.05, 0) is 68.3 Å². The number of carbonyl (C=O) groups is 2. The molecule has 8 nitrogen and oxygen atoms in total. The van der Waals surface area contributed by atoms with Crippen LogP contribution in [0.4, 0.5) is 0 Å². The lowest BCUT2D eigenvalue weighted by Crippen LogP contribution is -2.44. The highest BCUT2D eigenvalue weighted by atomic mass is 16.6. The van der Waals surface area contributed by atoms with Crippen molar-refractivity contribution in [2.75, 3.05) is 26.2 Å². The van der Waals surface area contributed by atoms with Crippen LogP contribution in [0.2, 0.25) is 0 Å². The van der Waals surface area contributed by atoms with Crippen molar-refractivity contribution < 1.29 is 19.0 Å². The number of hydrogen-bond acceptors (Lipinski definition) is 6. The first-order chi connectivity index (χ1) is 15.1. The van der Waals surface area contributed by atoms with Crippen LogP contribution in [0, 0.1) is 6.92 Å². The third-order valence-corrected chi connectivity index (χ3v) is 6.20. The van der Waals surface area contributed by atoms with Gasteiger partial charge in [0, 0.05) is 25.6 Å². The SMILES string of the molecule is Cc1nonc1C(=O)N1CCCC(=O)N2CCCCC2CCc2cccc(c2)OCC1. The Labute approximate surface area is 182 Å². The first-order valence-electron chi connectivity index (χ1n) is 11.2. The Morgan fingerprint density at radius 2 is 1.97 bits per heavy atom. The Bertz CT molecular complexity index is 912. The van der Waals surface area contributed by atoms with Crippen molar-refractivity contribution in [3.05, 3.63) is 41.2 Å². The van der Waals surface area contributed by atoms with E-state index in [1.54, 1.807) is 11.8 Å². The Hall–Kier alpha value is -2.90. The molecule has 1 aromatic carbocycles. The van der Waals surface area contributed by atoms with Gasteiger partial charge >= 0.3 is 0 Å². The zero-order chi connectivity index (χ0) is 21.6. The monoisotopic (exact) mass is 426 g/mol. The summed E-state index contributed by atoms with van der Waals surface area (Å²) in [5.41, 5.74) is 1.88. The van der Waals surface area contributed by atoms with E-state index < -0.39 is 0 Å². The van der Waals surface area contributed by atoms with Gasteiger partial charge in [0.15, 0.2) is 5.69 Å². The third kappa shape index (κ3) is 5.24. The van der Waals surface area contributed by atoms with Crippen LogP contribution in [0.25, 0.3) is 0 Å². The lowest BCUT2D eigenvalue weighted by Gasteiger charge is -2.36. The van der Waals surface area contributed by atoms with Crippen molar-refractivity contribution >= 4 is 11.8 Å². The molecule has 4 rings (SSSR count). The Morgan fingerprint density at radius 3 is 2.81 bits per heavy atom. The van der Waals surface area contributed by atoms with Crippen LogP contribution in [0.3, 0.4) is 0 Å². The number of benzene rings is 1. The number of ether oxygens (including phenoxy) is 1. The molecule has 166 valence electrons. The molecule has 8 heteroatoms. The van der Waals surface area contributed by atoms with Crippen molar-refractivity contribution in [3.63, 3.8) is 0 Å². The van der Waals surface area contributed by atoms with Gasteiger partial charge in [-0.25, -0.2) is 4.63 Å². The fourth-order valence-electron chi connectivity index (χ4n) is 4.48. The summed E-state index contributed by atoms with van der Waals surface area (Å²) in [6.45, 7) is 3.75. The second kappa shape index (κ2) is 9.94. The summed E-state index contributed by atoms with van der Waals surface area (Å²) in [5.74, 6) is 0.746. The molecule has 2 aromatic rings. The highest BCUT2D eigenvalue weighted by Gasteiger charge is 2.27. The summed E-state index contributed by atoms with van der Waals surface area (Å²) < 4.78 is 10.7. The number of amides is 2. The molecule has 31 heavy (non-hydrogen) atoms. The highest BCUT2D eigenvalue weighted by Crippen LogP contribution is 2.24. The first-order valence-corrected chi connectivity index (χ1v) is 11.2. The minimum atomic E-state index is -0.247. The van der Waals surface area contributed by atoms with Gasteiger partial charge in [-0.3, -0.25) is 9.59 Å². The van der Waals surface area contributed by atoms with Crippen molar-refractivity contribution in [1.29, 1.82) is 0 Å². The third-order valence-electron chi connectivity index (χ3n) is 6.20. The lowest BCUT2D eigenvalue weighted by molar-refractivity contribution is -0.135. The largest absolute Gasteiger partial charge is 0.492 e. The van der Waals surface area contributed by atoms with Crippen LogP contribution in [0.15, 0.2) is 28.9 Å². The second-order valence-corrected chi connectivity index (χ2v) is 8.37. The summed E-state index contributed by atoms with van der Waals surface area (Å²) in [6, 6.07) is 8.40. The molecule has 1 fully saturated rings. The number of aromatic nitrogens is 2. The molecule has 2 aliphatic rings. The summed E-state index contributed by atoms with van der Waals surface area (Å²) in [4.78, 5) is 29.7. The van der Waals surface area contributed by atoms with Gasteiger partial charge in [-0.15, -0.1) is 0 Å². The molecule has 0 radical (unpaired) electrons. The van der Waals surface area contributed by atoms with Gasteiger partial charge in [-0.2, -0.15) is 0 Å². The normalized spacial score (nSPS) is 20.9. The second-order valence-electron chi connectivity index (χ2n) is 8.37. The number of nitrogens with zero attached hydrogens (tertiary/aromatic N) is 4. The number of piperidine rings is 1. The van der Waals surface area contributed by atoms with E-state index in [1.807, 2.05) is 12.1 Å². The maximum atomic E-state index is 13.0. The fourth-order valence-corrected chi connectivity index (χ4v) is 4.48. The Morgan fingerprint density at radius 1 is 1.06 bits per heavy atom. The van der Waals surface area contributed by atoms with Crippen molar-refractivity contribution in [2.45, 2.75) is 57.9 Å². The van der Waals surface area contributed by atoms with Crippen LogP contribution < -0.4 is 4.74 Å². The number of rotatable bonds is 1. The summed E-state index contributed by atoms with van der Waals surface area (Å²) in [5, 5.41) is 7.47. The lowest BCUT2D eigenvalue weighted by atomic mass is 9.95. The maximum Gasteiger partial charge on any atom is 0.278 e. The summed E-state index contributed by atoms with van der Waals surface area (Å²) in [7, 11) is 0. The average molecular weight is 427 g/mol. The number of carbonyl (C=O) groups excluding carboxylic acids is 2. The number of fused-ring (bicyclic) bond motifs is 3. The quantitative estimate of drug-likeness (QED) is 0.697. The zero-order valence-corrected chi connectivity index (χ0v) is 18.1. The first kappa shape index (κ1) is 21.3. The van der Waals surface area contributed by atoms with Gasteiger partial charge in [-0.1, -0.05) is 17.3 Å². The molecule has 2 amide bonds. The van der Waals surface area contributed by atoms with Gasteiger partial charge in [0.1, 0.15) is 18.1 Å². The van der Waals surface area contributed by atoms with E-state index in [4.69, 9.17) is 9.37 Å². The molecule has 1 unspecified atom stereocenters. The van der Waals surface area contributed by atoms with E-state index >= 15 is 0 Å². The maximum absolute atomic E-state index is 13.0. The summed E-state index contributed by atoms with van der Waals surface area (Å²) in [6.07, 6.45) is 6.23. The number of aryl methyl sites for hydroxylation is 2. The molecule has 0 saturated carbocycles. The molecular weight excluding hydrogens is 396 g/mol. The van der Waals surface area contributed by atoms with Gasteiger partial charge in [0.25, 0.3) is 5.91 Å². The number of hydrogen-bond donors (Lipinski definition) is 0. The molecule has 1 atom stereocenters. The molecule has 0 spiro atoms. The van der Waals surface area contributed by atoms with Crippen LogP contribution in [-0.4, -0.2) is 64.2 Å². The molecule has 1 aromatic heterocycles. The average Bonchev–Trinajstić information content (AvgIpc) is 3.22. The van der Waals surface area contributed by atoms with E-state index in [1.165, 1.54) is 12.0 Å². The molecule has 2 bridgehead atoms. The van der Waals surface area contributed by atoms with E-state index in [2.05, 4.69) is 27.3 Å². The topological polar surface area (TPSA) is 88.8 Å². The van der Waals surface area contributed by atoms with E-state index in [0.29, 0.717) is 38.2 Å². The Balaban J connectivity index is 1.53. The minimum absolute atomic E-state index is 0.191. The molecule has 1 saturated heterocycles. The molecule has 0 N–H and O–H groups in total. The van der Waals surface area contributed by atoms with Crippen LogP contribution in [0.1, 0.15) is 60.3 Å². The van der Waals surface area contributed by atoms with Crippen molar-refractivity contribution in [3.8, 4) is 5.75 Å². The van der Waals surface area contributed by atoms with E-state index in [9.17, 15) is 9.59 Å². The zero-order valence-electron chi connectivity index (χ0n) is 18.1. The Kier molecular flexibility index (Phi) is 6.84. The van der Waals surface area contributed by atoms with Crippen molar-refractivity contribution in [1.82, 2.24) is 20.1 Å². The van der Waals surface area contributed by atoms with Gasteiger partial charge in [0.2, 0.25) is 5.91 Å². The van der Waals surface area contributed by atoms with E-state index in [-0.39, 0.29) is 23.6 Å². The van der Waals surface area contributed by atoms with E-state index in [0.717, 1.165) is 38.0 Å².